The molecule has 0 atom stereocenters. The van der Waals surface area contributed by atoms with Crippen molar-refractivity contribution in [3.05, 3.63) is 34.3 Å². The fourth-order valence-electron chi connectivity index (χ4n) is 2.04. The molecule has 1 aromatic rings. The van der Waals surface area contributed by atoms with Crippen LogP contribution >= 0.6 is 15.9 Å². The molecule has 0 spiro atoms. The minimum Gasteiger partial charge on any atom is -0.294 e. The van der Waals surface area contributed by atoms with Crippen molar-refractivity contribution in [2.45, 2.75) is 39.5 Å². The predicted octanol–water partition coefficient (Wildman–Crippen LogP) is 4.85. The van der Waals surface area contributed by atoms with Gasteiger partial charge in [-0.2, -0.15) is 0 Å². The van der Waals surface area contributed by atoms with Crippen molar-refractivity contribution in [2.75, 3.05) is 0 Å². The number of Topliss-reactive ketones (excluding diaryl/α,β-unsaturated/α-hetero) is 1. The average molecular weight is 283 g/mol. The number of halogens is 1. The molecule has 2 rings (SSSR count). The van der Waals surface area contributed by atoms with Crippen LogP contribution in [0, 0.1) is 5.92 Å². The Labute approximate surface area is 106 Å². The summed E-state index contributed by atoms with van der Waals surface area (Å²) in [5.41, 5.74) is 0.861. The summed E-state index contributed by atoms with van der Waals surface area (Å²) in [5, 5.41) is 0. The third-order valence-corrected chi connectivity index (χ3v) is 3.38. The first-order chi connectivity index (χ1) is 7.77. The zero-order chi connectivity index (χ0) is 12.0. The molecule has 2 heteroatoms. The average Bonchev–Trinajstić information content (AvgIpc) is 2.85. The second-order valence-electron chi connectivity index (χ2n) is 3.85. The van der Waals surface area contributed by atoms with Gasteiger partial charge in [-0.1, -0.05) is 54.8 Å². The summed E-state index contributed by atoms with van der Waals surface area (Å²) < 4.78 is 1.03. The third-order valence-electron chi connectivity index (χ3n) is 2.85. The largest absolute Gasteiger partial charge is 0.294 e. The van der Waals surface area contributed by atoms with Crippen molar-refractivity contribution in [2.24, 2.45) is 5.92 Å². The van der Waals surface area contributed by atoms with E-state index in [4.69, 9.17) is 0 Å². The standard InChI is InChI=1S/C12H13BrO.C2H6/c13-11-7-5-10(6-8-11)12(14)9-3-1-2-4-9;1-2/h5-9H,1-4H2;1-2H3. The lowest BCUT2D eigenvalue weighted by molar-refractivity contribution is 0.0923. The smallest absolute Gasteiger partial charge is 0.165 e. The summed E-state index contributed by atoms with van der Waals surface area (Å²) in [6.07, 6.45) is 4.59. The molecule has 0 amide bonds. The molecule has 1 aliphatic carbocycles. The Morgan fingerprint density at radius 3 is 2.12 bits per heavy atom. The van der Waals surface area contributed by atoms with Crippen LogP contribution in [-0.4, -0.2) is 5.78 Å². The summed E-state index contributed by atoms with van der Waals surface area (Å²) in [7, 11) is 0. The Balaban J connectivity index is 0.000000606. The second kappa shape index (κ2) is 6.85. The van der Waals surface area contributed by atoms with Crippen LogP contribution in [0.1, 0.15) is 49.9 Å². The zero-order valence-corrected chi connectivity index (χ0v) is 11.6. The lowest BCUT2D eigenvalue weighted by atomic mass is 9.96. The molecule has 0 N–H and O–H groups in total. The number of hydrogen-bond donors (Lipinski definition) is 0. The van der Waals surface area contributed by atoms with Crippen molar-refractivity contribution in [3.63, 3.8) is 0 Å². The first-order valence-corrected chi connectivity index (χ1v) is 6.86. The van der Waals surface area contributed by atoms with Crippen LogP contribution in [0.2, 0.25) is 0 Å². The molecule has 0 unspecified atom stereocenters. The number of carbonyl (C=O) groups is 1. The highest BCUT2D eigenvalue weighted by Crippen LogP contribution is 2.28. The predicted molar refractivity (Wildman–Crippen MR) is 71.8 cm³/mol. The molecule has 0 bridgehead atoms. The molecule has 0 heterocycles. The molecule has 1 aliphatic rings. The summed E-state index contributed by atoms with van der Waals surface area (Å²) in [4.78, 5) is 11.9. The topological polar surface area (TPSA) is 17.1 Å². The zero-order valence-electron chi connectivity index (χ0n) is 10.0. The highest BCUT2D eigenvalue weighted by molar-refractivity contribution is 9.10. The lowest BCUT2D eigenvalue weighted by Crippen LogP contribution is -2.10. The van der Waals surface area contributed by atoms with Crippen molar-refractivity contribution in [1.82, 2.24) is 0 Å². The molecule has 1 saturated carbocycles. The van der Waals surface area contributed by atoms with Crippen molar-refractivity contribution in [3.8, 4) is 0 Å². The van der Waals surface area contributed by atoms with E-state index in [1.54, 1.807) is 0 Å². The lowest BCUT2D eigenvalue weighted by Gasteiger charge is -2.07. The van der Waals surface area contributed by atoms with Gasteiger partial charge in [0.2, 0.25) is 0 Å². The normalized spacial score (nSPS) is 15.4. The van der Waals surface area contributed by atoms with Gasteiger partial charge in [0, 0.05) is 16.0 Å². The van der Waals surface area contributed by atoms with E-state index in [9.17, 15) is 4.79 Å². The van der Waals surface area contributed by atoms with E-state index in [0.717, 1.165) is 22.9 Å². The van der Waals surface area contributed by atoms with Gasteiger partial charge in [-0.05, 0) is 25.0 Å². The maximum absolute atomic E-state index is 11.9. The summed E-state index contributed by atoms with van der Waals surface area (Å²) in [6.45, 7) is 4.00. The molecular weight excluding hydrogens is 264 g/mol. The number of carbonyl (C=O) groups excluding carboxylic acids is 1. The highest BCUT2D eigenvalue weighted by atomic mass is 79.9. The minimum absolute atomic E-state index is 0.288. The van der Waals surface area contributed by atoms with Crippen molar-refractivity contribution in [1.29, 1.82) is 0 Å². The van der Waals surface area contributed by atoms with Gasteiger partial charge in [0.05, 0.1) is 0 Å². The van der Waals surface area contributed by atoms with E-state index in [-0.39, 0.29) is 5.92 Å². The van der Waals surface area contributed by atoms with E-state index < -0.39 is 0 Å². The molecule has 0 aliphatic heterocycles. The van der Waals surface area contributed by atoms with E-state index >= 15 is 0 Å². The van der Waals surface area contributed by atoms with Crippen LogP contribution in [0.5, 0.6) is 0 Å². The molecule has 1 fully saturated rings. The SMILES string of the molecule is CC.O=C(c1ccc(Br)cc1)C1CCCC1. The molecule has 1 aromatic carbocycles. The minimum atomic E-state index is 0.288. The highest BCUT2D eigenvalue weighted by Gasteiger charge is 2.23. The third kappa shape index (κ3) is 3.44. The summed E-state index contributed by atoms with van der Waals surface area (Å²) >= 11 is 3.37. The van der Waals surface area contributed by atoms with E-state index in [1.165, 1.54) is 12.8 Å². The van der Waals surface area contributed by atoms with E-state index in [0.29, 0.717) is 5.78 Å². The maximum Gasteiger partial charge on any atom is 0.165 e. The maximum atomic E-state index is 11.9. The van der Waals surface area contributed by atoms with Crippen LogP contribution in [-0.2, 0) is 0 Å². The number of ketones is 1. The van der Waals surface area contributed by atoms with Crippen LogP contribution in [0.4, 0.5) is 0 Å². The van der Waals surface area contributed by atoms with Crippen LogP contribution in [0.3, 0.4) is 0 Å². The van der Waals surface area contributed by atoms with Gasteiger partial charge < -0.3 is 0 Å². The summed E-state index contributed by atoms with van der Waals surface area (Å²) in [5.74, 6) is 0.617. The second-order valence-corrected chi connectivity index (χ2v) is 4.77. The number of rotatable bonds is 2. The fraction of sp³-hybridized carbons (Fsp3) is 0.500. The molecule has 88 valence electrons. The molecule has 0 radical (unpaired) electrons. The van der Waals surface area contributed by atoms with Crippen molar-refractivity contribution >= 4 is 21.7 Å². The van der Waals surface area contributed by atoms with E-state index in [2.05, 4.69) is 15.9 Å². The fourth-order valence-corrected chi connectivity index (χ4v) is 2.30. The van der Waals surface area contributed by atoms with Crippen LogP contribution in [0.25, 0.3) is 0 Å². The van der Waals surface area contributed by atoms with Gasteiger partial charge in [0.1, 0.15) is 0 Å². The van der Waals surface area contributed by atoms with E-state index in [1.807, 2.05) is 38.1 Å². The Bertz CT molecular complexity index is 323. The van der Waals surface area contributed by atoms with Gasteiger partial charge in [0.25, 0.3) is 0 Å². The Morgan fingerprint density at radius 1 is 1.12 bits per heavy atom. The summed E-state index contributed by atoms with van der Waals surface area (Å²) in [6, 6.07) is 7.68. The molecule has 16 heavy (non-hydrogen) atoms. The van der Waals surface area contributed by atoms with Gasteiger partial charge >= 0.3 is 0 Å². The molecular formula is C14H19BrO. The van der Waals surface area contributed by atoms with Crippen LogP contribution in [0.15, 0.2) is 28.7 Å². The Hall–Kier alpha value is -0.630. The molecule has 0 aromatic heterocycles. The number of benzene rings is 1. The van der Waals surface area contributed by atoms with Crippen molar-refractivity contribution < 1.29 is 4.79 Å². The van der Waals surface area contributed by atoms with Crippen LogP contribution < -0.4 is 0 Å². The van der Waals surface area contributed by atoms with Gasteiger partial charge in [-0.15, -0.1) is 0 Å². The monoisotopic (exact) mass is 282 g/mol. The Kier molecular flexibility index (Phi) is 5.75. The van der Waals surface area contributed by atoms with Gasteiger partial charge in [-0.3, -0.25) is 4.79 Å². The number of hydrogen-bond acceptors (Lipinski definition) is 1. The Morgan fingerprint density at radius 2 is 1.62 bits per heavy atom. The van der Waals surface area contributed by atoms with Gasteiger partial charge in [-0.25, -0.2) is 0 Å². The first-order valence-electron chi connectivity index (χ1n) is 6.07. The molecule has 1 nitrogen and oxygen atoms in total. The quantitative estimate of drug-likeness (QED) is 0.709. The molecule has 0 saturated heterocycles. The first kappa shape index (κ1) is 13.4. The van der Waals surface area contributed by atoms with Gasteiger partial charge in [0.15, 0.2) is 5.78 Å².